The van der Waals surface area contributed by atoms with Gasteiger partial charge in [-0.1, -0.05) is 37.0 Å². The van der Waals surface area contributed by atoms with E-state index < -0.39 is 17.4 Å². The Hall–Kier alpha value is -1.46. The number of anilines is 1. The standard InChI is InChI=1S/C14H18Cl2N2O3/c1-3-14(4-2,12(19)20)8-17-13(21)18-11-7-9(15)5-6-10(11)16/h5-7H,3-4,8H2,1-2H3,(H,19,20)(H2,17,18,21). The molecule has 0 spiro atoms. The number of hydrogen-bond donors (Lipinski definition) is 3. The minimum atomic E-state index is -0.963. The van der Waals surface area contributed by atoms with Crippen LogP contribution in [0.5, 0.6) is 0 Å². The molecule has 0 aliphatic heterocycles. The molecule has 7 heteroatoms. The molecule has 0 radical (unpaired) electrons. The summed E-state index contributed by atoms with van der Waals surface area (Å²) in [5.41, 5.74) is -0.592. The molecule has 116 valence electrons. The first-order valence-corrected chi connectivity index (χ1v) is 7.33. The number of urea groups is 1. The monoisotopic (exact) mass is 332 g/mol. The Morgan fingerprint density at radius 3 is 2.38 bits per heavy atom. The Morgan fingerprint density at radius 2 is 1.86 bits per heavy atom. The summed E-state index contributed by atoms with van der Waals surface area (Å²) in [5, 5.41) is 15.2. The summed E-state index contributed by atoms with van der Waals surface area (Å²) < 4.78 is 0. The predicted molar refractivity (Wildman–Crippen MR) is 84.1 cm³/mol. The van der Waals surface area contributed by atoms with Crippen LogP contribution in [0, 0.1) is 5.41 Å². The highest BCUT2D eigenvalue weighted by atomic mass is 35.5. The molecule has 5 nitrogen and oxygen atoms in total. The number of carboxylic acids is 1. The van der Waals surface area contributed by atoms with Crippen LogP contribution in [-0.4, -0.2) is 23.7 Å². The van der Waals surface area contributed by atoms with Gasteiger partial charge in [0, 0.05) is 11.6 Å². The lowest BCUT2D eigenvalue weighted by molar-refractivity contribution is -0.149. The van der Waals surface area contributed by atoms with Crippen LogP contribution in [0.2, 0.25) is 10.0 Å². The number of hydrogen-bond acceptors (Lipinski definition) is 2. The molecule has 0 saturated heterocycles. The van der Waals surface area contributed by atoms with Gasteiger partial charge in [-0.05, 0) is 31.0 Å². The summed E-state index contributed by atoms with van der Waals surface area (Å²) in [6, 6.07) is 4.18. The van der Waals surface area contributed by atoms with Crippen molar-refractivity contribution in [3.63, 3.8) is 0 Å². The van der Waals surface area contributed by atoms with E-state index in [1.54, 1.807) is 26.0 Å². The van der Waals surface area contributed by atoms with Crippen LogP contribution in [0.1, 0.15) is 26.7 Å². The zero-order chi connectivity index (χ0) is 16.0. The molecule has 0 saturated carbocycles. The Labute approximate surface area is 133 Å². The van der Waals surface area contributed by atoms with Crippen molar-refractivity contribution < 1.29 is 14.7 Å². The van der Waals surface area contributed by atoms with E-state index in [2.05, 4.69) is 10.6 Å². The Balaban J connectivity index is 2.70. The Kier molecular flexibility index (Phi) is 6.30. The number of carbonyl (C=O) groups excluding carboxylic acids is 1. The van der Waals surface area contributed by atoms with Crippen LogP contribution < -0.4 is 10.6 Å². The van der Waals surface area contributed by atoms with E-state index in [-0.39, 0.29) is 6.54 Å². The number of amides is 2. The number of carbonyl (C=O) groups is 2. The van der Waals surface area contributed by atoms with E-state index in [1.807, 2.05) is 0 Å². The normalized spacial score (nSPS) is 11.0. The second-order valence-electron chi connectivity index (χ2n) is 4.72. The lowest BCUT2D eigenvalue weighted by Gasteiger charge is -2.26. The molecular weight excluding hydrogens is 315 g/mol. The quantitative estimate of drug-likeness (QED) is 0.736. The number of benzene rings is 1. The molecule has 0 unspecified atom stereocenters. The van der Waals surface area contributed by atoms with Gasteiger partial charge in [-0.2, -0.15) is 0 Å². The molecule has 2 amide bonds. The third-order valence-corrected chi connectivity index (χ3v) is 4.14. The Bertz CT molecular complexity index is 531. The van der Waals surface area contributed by atoms with Crippen molar-refractivity contribution in [2.24, 2.45) is 5.41 Å². The van der Waals surface area contributed by atoms with Gasteiger partial charge >= 0.3 is 12.0 Å². The lowest BCUT2D eigenvalue weighted by Crippen LogP contribution is -2.43. The lowest BCUT2D eigenvalue weighted by atomic mass is 9.82. The minimum Gasteiger partial charge on any atom is -0.481 e. The average molecular weight is 333 g/mol. The van der Waals surface area contributed by atoms with Gasteiger partial charge in [0.25, 0.3) is 0 Å². The van der Waals surface area contributed by atoms with Crippen molar-refractivity contribution >= 4 is 40.9 Å². The van der Waals surface area contributed by atoms with Crippen LogP contribution in [0.4, 0.5) is 10.5 Å². The zero-order valence-corrected chi connectivity index (χ0v) is 13.4. The molecule has 3 N–H and O–H groups in total. The van der Waals surface area contributed by atoms with Crippen molar-refractivity contribution in [2.75, 3.05) is 11.9 Å². The maximum Gasteiger partial charge on any atom is 0.319 e. The average Bonchev–Trinajstić information content (AvgIpc) is 2.44. The van der Waals surface area contributed by atoms with E-state index in [9.17, 15) is 14.7 Å². The van der Waals surface area contributed by atoms with Crippen molar-refractivity contribution in [3.05, 3.63) is 28.2 Å². The maximum absolute atomic E-state index is 11.9. The molecule has 0 aliphatic carbocycles. The van der Waals surface area contributed by atoms with Gasteiger partial charge in [0.1, 0.15) is 0 Å². The van der Waals surface area contributed by atoms with Crippen molar-refractivity contribution in [1.29, 1.82) is 0 Å². The topological polar surface area (TPSA) is 78.4 Å². The van der Waals surface area contributed by atoms with Gasteiger partial charge < -0.3 is 15.7 Å². The van der Waals surface area contributed by atoms with Crippen LogP contribution >= 0.6 is 23.2 Å². The predicted octanol–water partition coefficient (Wildman–Crippen LogP) is 4.01. The van der Waals surface area contributed by atoms with Crippen LogP contribution in [0.3, 0.4) is 0 Å². The molecule has 1 rings (SSSR count). The second-order valence-corrected chi connectivity index (χ2v) is 5.57. The fraction of sp³-hybridized carbons (Fsp3) is 0.429. The van der Waals surface area contributed by atoms with Crippen LogP contribution in [-0.2, 0) is 4.79 Å². The molecule has 0 atom stereocenters. The SMILES string of the molecule is CCC(CC)(CNC(=O)Nc1cc(Cl)ccc1Cl)C(=O)O. The van der Waals surface area contributed by atoms with Gasteiger partial charge in [-0.25, -0.2) is 4.79 Å². The number of halogens is 2. The largest absolute Gasteiger partial charge is 0.481 e. The van der Waals surface area contributed by atoms with E-state index >= 15 is 0 Å². The Morgan fingerprint density at radius 1 is 1.24 bits per heavy atom. The van der Waals surface area contributed by atoms with Crippen molar-refractivity contribution in [1.82, 2.24) is 5.32 Å². The van der Waals surface area contributed by atoms with Gasteiger partial charge in [0.05, 0.1) is 16.1 Å². The van der Waals surface area contributed by atoms with Crippen LogP contribution in [0.25, 0.3) is 0 Å². The highest BCUT2D eigenvalue weighted by molar-refractivity contribution is 6.35. The summed E-state index contributed by atoms with van der Waals surface area (Å²) in [6.07, 6.45) is 0.855. The summed E-state index contributed by atoms with van der Waals surface area (Å²) in [4.78, 5) is 23.2. The van der Waals surface area contributed by atoms with E-state index in [4.69, 9.17) is 23.2 Å². The van der Waals surface area contributed by atoms with Gasteiger partial charge in [-0.15, -0.1) is 0 Å². The molecule has 0 heterocycles. The fourth-order valence-corrected chi connectivity index (χ4v) is 2.22. The number of aliphatic carboxylic acids is 1. The highest BCUT2D eigenvalue weighted by Gasteiger charge is 2.35. The maximum atomic E-state index is 11.9. The third kappa shape index (κ3) is 4.51. The molecule has 1 aromatic rings. The first kappa shape index (κ1) is 17.6. The zero-order valence-electron chi connectivity index (χ0n) is 11.9. The van der Waals surface area contributed by atoms with E-state index in [1.165, 1.54) is 6.07 Å². The third-order valence-electron chi connectivity index (χ3n) is 3.57. The molecular formula is C14H18Cl2N2O3. The minimum absolute atomic E-state index is 0.0410. The van der Waals surface area contributed by atoms with Crippen molar-refractivity contribution in [3.8, 4) is 0 Å². The van der Waals surface area contributed by atoms with Gasteiger partial charge in [0.15, 0.2) is 0 Å². The number of nitrogens with one attached hydrogen (secondary N) is 2. The molecule has 1 aromatic carbocycles. The fourth-order valence-electron chi connectivity index (χ4n) is 1.89. The molecule has 0 aromatic heterocycles. The highest BCUT2D eigenvalue weighted by Crippen LogP contribution is 2.27. The second kappa shape index (κ2) is 7.52. The van der Waals surface area contributed by atoms with Gasteiger partial charge in [0.2, 0.25) is 0 Å². The molecule has 0 fully saturated rings. The van der Waals surface area contributed by atoms with Crippen LogP contribution in [0.15, 0.2) is 18.2 Å². The van der Waals surface area contributed by atoms with E-state index in [0.29, 0.717) is 28.6 Å². The molecule has 21 heavy (non-hydrogen) atoms. The van der Waals surface area contributed by atoms with E-state index in [0.717, 1.165) is 0 Å². The summed E-state index contributed by atoms with van der Waals surface area (Å²) in [7, 11) is 0. The van der Waals surface area contributed by atoms with Crippen molar-refractivity contribution in [2.45, 2.75) is 26.7 Å². The smallest absolute Gasteiger partial charge is 0.319 e. The molecule has 0 bridgehead atoms. The number of rotatable bonds is 6. The first-order valence-electron chi connectivity index (χ1n) is 6.58. The summed E-state index contributed by atoms with van der Waals surface area (Å²) >= 11 is 11.8. The number of carboxylic acid groups (broad SMARTS) is 1. The first-order chi connectivity index (χ1) is 9.84. The molecule has 0 aliphatic rings. The summed E-state index contributed by atoms with van der Waals surface area (Å²) in [5.74, 6) is -0.923. The summed E-state index contributed by atoms with van der Waals surface area (Å²) in [6.45, 7) is 3.61. The van der Waals surface area contributed by atoms with Gasteiger partial charge in [-0.3, -0.25) is 4.79 Å².